The molecule has 0 amide bonds. The van der Waals surface area contributed by atoms with Crippen LogP contribution >= 0.6 is 27.5 Å². The zero-order valence-corrected chi connectivity index (χ0v) is 18.4. The highest BCUT2D eigenvalue weighted by atomic mass is 79.9. The summed E-state index contributed by atoms with van der Waals surface area (Å²) >= 11 is 9.57. The van der Waals surface area contributed by atoms with Crippen LogP contribution in [0, 0.1) is 0 Å². The van der Waals surface area contributed by atoms with Gasteiger partial charge in [-0.3, -0.25) is 5.01 Å². The number of anilines is 1. The number of methoxy groups -OCH3 is 2. The third-order valence-corrected chi connectivity index (χ3v) is 5.75. The van der Waals surface area contributed by atoms with Crippen LogP contribution in [-0.4, -0.2) is 19.9 Å². The molecule has 0 spiro atoms. The van der Waals surface area contributed by atoms with Gasteiger partial charge in [-0.25, -0.2) is 0 Å². The molecule has 1 heterocycles. The van der Waals surface area contributed by atoms with Crippen molar-refractivity contribution in [2.45, 2.75) is 12.5 Å². The zero-order chi connectivity index (χ0) is 20.4. The molecule has 0 aliphatic carbocycles. The van der Waals surface area contributed by atoms with E-state index in [1.165, 1.54) is 0 Å². The predicted octanol–water partition coefficient (Wildman–Crippen LogP) is 6.48. The maximum absolute atomic E-state index is 6.06. The van der Waals surface area contributed by atoms with Crippen LogP contribution in [0.3, 0.4) is 0 Å². The monoisotopic (exact) mass is 470 g/mol. The third-order valence-electron chi connectivity index (χ3n) is 4.97. The lowest BCUT2D eigenvalue weighted by molar-refractivity contribution is 0.354. The van der Waals surface area contributed by atoms with Crippen LogP contribution in [-0.2, 0) is 0 Å². The standard InChI is InChI=1S/C23H20BrClN2O2/c1-28-22-12-5-16(13-23(22)29-2)21-14-20(15-3-8-18(25)9-4-15)26-27(21)19-10-6-17(24)7-11-19/h3-13,21H,14H2,1-2H3/t21-/m0/s1. The molecule has 4 nitrogen and oxygen atoms in total. The van der Waals surface area contributed by atoms with Crippen LogP contribution < -0.4 is 14.5 Å². The predicted molar refractivity (Wildman–Crippen MR) is 122 cm³/mol. The van der Waals surface area contributed by atoms with Crippen molar-refractivity contribution in [2.24, 2.45) is 5.10 Å². The molecular formula is C23H20BrClN2O2. The van der Waals surface area contributed by atoms with E-state index in [4.69, 9.17) is 26.2 Å². The molecule has 0 unspecified atom stereocenters. The molecule has 29 heavy (non-hydrogen) atoms. The highest BCUT2D eigenvalue weighted by Gasteiger charge is 2.30. The van der Waals surface area contributed by atoms with E-state index in [0.29, 0.717) is 16.5 Å². The summed E-state index contributed by atoms with van der Waals surface area (Å²) in [5, 5.41) is 7.75. The summed E-state index contributed by atoms with van der Waals surface area (Å²) in [4.78, 5) is 0. The van der Waals surface area contributed by atoms with Crippen LogP contribution in [0.25, 0.3) is 0 Å². The second-order valence-corrected chi connectivity index (χ2v) is 8.06. The lowest BCUT2D eigenvalue weighted by atomic mass is 9.98. The topological polar surface area (TPSA) is 34.1 Å². The molecule has 1 aliphatic heterocycles. The van der Waals surface area contributed by atoms with Gasteiger partial charge in [0.25, 0.3) is 0 Å². The molecule has 3 aromatic carbocycles. The normalized spacial score (nSPS) is 15.9. The maximum atomic E-state index is 6.06. The number of rotatable bonds is 5. The second-order valence-electron chi connectivity index (χ2n) is 6.71. The Kier molecular flexibility index (Phi) is 5.79. The van der Waals surface area contributed by atoms with Gasteiger partial charge in [0, 0.05) is 15.9 Å². The Morgan fingerprint density at radius 2 is 1.62 bits per heavy atom. The van der Waals surface area contributed by atoms with Crippen molar-refractivity contribution in [3.05, 3.63) is 87.4 Å². The van der Waals surface area contributed by atoms with Crippen LogP contribution in [0.15, 0.2) is 76.3 Å². The molecule has 148 valence electrons. The molecule has 0 aromatic heterocycles. The molecule has 0 saturated carbocycles. The fourth-order valence-electron chi connectivity index (χ4n) is 3.48. The van der Waals surface area contributed by atoms with Crippen LogP contribution in [0.1, 0.15) is 23.6 Å². The number of ether oxygens (including phenoxy) is 2. The Bertz CT molecular complexity index is 1040. The van der Waals surface area contributed by atoms with E-state index in [1.807, 2.05) is 48.5 Å². The second kappa shape index (κ2) is 8.47. The first-order valence-electron chi connectivity index (χ1n) is 9.19. The van der Waals surface area contributed by atoms with Gasteiger partial charge in [-0.15, -0.1) is 0 Å². The van der Waals surface area contributed by atoms with Crippen molar-refractivity contribution in [2.75, 3.05) is 19.2 Å². The van der Waals surface area contributed by atoms with Gasteiger partial charge in [0.2, 0.25) is 0 Å². The Labute approximate surface area is 183 Å². The van der Waals surface area contributed by atoms with E-state index in [2.05, 4.69) is 39.1 Å². The number of hydrazone groups is 1. The lowest BCUT2D eigenvalue weighted by Crippen LogP contribution is -2.18. The van der Waals surface area contributed by atoms with E-state index < -0.39 is 0 Å². The Morgan fingerprint density at radius 3 is 2.28 bits per heavy atom. The summed E-state index contributed by atoms with van der Waals surface area (Å²) in [6, 6.07) is 22.1. The largest absolute Gasteiger partial charge is 0.493 e. The molecule has 0 fully saturated rings. The molecule has 0 bridgehead atoms. The van der Waals surface area contributed by atoms with Gasteiger partial charge in [-0.05, 0) is 59.7 Å². The summed E-state index contributed by atoms with van der Waals surface area (Å²) in [5.74, 6) is 1.42. The quantitative estimate of drug-likeness (QED) is 0.427. The fraction of sp³-hybridized carbons (Fsp3) is 0.174. The van der Waals surface area contributed by atoms with Gasteiger partial charge in [-0.1, -0.05) is 45.7 Å². The Morgan fingerprint density at radius 1 is 0.931 bits per heavy atom. The number of benzene rings is 3. The van der Waals surface area contributed by atoms with Gasteiger partial charge in [-0.2, -0.15) is 5.10 Å². The summed E-state index contributed by atoms with van der Waals surface area (Å²) in [6.07, 6.45) is 0.771. The van der Waals surface area contributed by atoms with Crippen molar-refractivity contribution >= 4 is 38.9 Å². The van der Waals surface area contributed by atoms with E-state index in [9.17, 15) is 0 Å². The van der Waals surface area contributed by atoms with Gasteiger partial charge in [0.1, 0.15) is 0 Å². The highest BCUT2D eigenvalue weighted by Crippen LogP contribution is 2.40. The average molecular weight is 472 g/mol. The van der Waals surface area contributed by atoms with Crippen molar-refractivity contribution in [1.29, 1.82) is 0 Å². The van der Waals surface area contributed by atoms with Crippen molar-refractivity contribution < 1.29 is 9.47 Å². The van der Waals surface area contributed by atoms with Gasteiger partial charge < -0.3 is 9.47 Å². The van der Waals surface area contributed by atoms with Gasteiger partial charge in [0.15, 0.2) is 11.5 Å². The minimum absolute atomic E-state index is 0.0432. The van der Waals surface area contributed by atoms with Crippen molar-refractivity contribution in [3.63, 3.8) is 0 Å². The van der Waals surface area contributed by atoms with E-state index >= 15 is 0 Å². The maximum Gasteiger partial charge on any atom is 0.161 e. The first-order valence-corrected chi connectivity index (χ1v) is 10.4. The van der Waals surface area contributed by atoms with E-state index in [0.717, 1.165) is 33.4 Å². The van der Waals surface area contributed by atoms with Crippen molar-refractivity contribution in [3.8, 4) is 11.5 Å². The summed E-state index contributed by atoms with van der Waals surface area (Å²) < 4.78 is 11.9. The Hall–Kier alpha value is -2.50. The smallest absolute Gasteiger partial charge is 0.161 e. The first kappa shape index (κ1) is 19.8. The SMILES string of the molecule is COc1ccc([C@@H]2CC(c3ccc(Cl)cc3)=NN2c2ccc(Br)cc2)cc1OC. The van der Waals surface area contributed by atoms with Crippen molar-refractivity contribution in [1.82, 2.24) is 0 Å². The van der Waals surface area contributed by atoms with E-state index in [1.54, 1.807) is 14.2 Å². The van der Waals surface area contributed by atoms with Crippen LogP contribution in [0.2, 0.25) is 5.02 Å². The molecular weight excluding hydrogens is 452 g/mol. The molecule has 4 rings (SSSR count). The summed E-state index contributed by atoms with van der Waals surface area (Å²) in [6.45, 7) is 0. The molecule has 1 aliphatic rings. The zero-order valence-electron chi connectivity index (χ0n) is 16.1. The molecule has 0 radical (unpaired) electrons. The highest BCUT2D eigenvalue weighted by molar-refractivity contribution is 9.10. The fourth-order valence-corrected chi connectivity index (χ4v) is 3.87. The van der Waals surface area contributed by atoms with Crippen LogP contribution in [0.4, 0.5) is 5.69 Å². The average Bonchev–Trinajstić information content (AvgIpc) is 3.19. The lowest BCUT2D eigenvalue weighted by Gasteiger charge is -2.24. The molecule has 0 saturated heterocycles. The summed E-state index contributed by atoms with van der Waals surface area (Å²) in [5.41, 5.74) is 4.22. The first-order chi connectivity index (χ1) is 14.1. The molecule has 6 heteroatoms. The number of hydrogen-bond acceptors (Lipinski definition) is 4. The minimum atomic E-state index is 0.0432. The summed E-state index contributed by atoms with van der Waals surface area (Å²) in [7, 11) is 3.29. The van der Waals surface area contributed by atoms with Gasteiger partial charge in [0.05, 0.1) is 31.7 Å². The van der Waals surface area contributed by atoms with Gasteiger partial charge >= 0.3 is 0 Å². The molecule has 0 N–H and O–H groups in total. The van der Waals surface area contributed by atoms with E-state index in [-0.39, 0.29) is 6.04 Å². The molecule has 3 aromatic rings. The number of halogens is 2. The number of hydrogen-bond donors (Lipinski definition) is 0. The van der Waals surface area contributed by atoms with Crippen LogP contribution in [0.5, 0.6) is 11.5 Å². The number of nitrogens with zero attached hydrogens (tertiary/aromatic N) is 2. The Balaban J connectivity index is 1.75. The minimum Gasteiger partial charge on any atom is -0.493 e. The molecule has 1 atom stereocenters. The third kappa shape index (κ3) is 4.11.